The van der Waals surface area contributed by atoms with E-state index in [1.54, 1.807) is 88.9 Å². The molecule has 89 heavy (non-hydrogen) atoms. The quantitative estimate of drug-likeness (QED) is 0.0487. The van der Waals surface area contributed by atoms with Crippen LogP contribution in [-0.2, 0) is 41.6 Å². The molecule has 496 valence electrons. The fourth-order valence-electron chi connectivity index (χ4n) is 10.6. The molecule has 21 heteroatoms. The summed E-state index contributed by atoms with van der Waals surface area (Å²) < 4.78 is 67.7. The van der Waals surface area contributed by atoms with Crippen molar-refractivity contribution < 1.29 is 76.0 Å². The molecule has 2 aliphatic rings. The maximum atomic E-state index is 14.3. The average molecular weight is 1270 g/mol. The van der Waals surface area contributed by atoms with Gasteiger partial charge in [0.2, 0.25) is 0 Å². The zero-order valence-corrected chi connectivity index (χ0v) is 56.4. The van der Waals surface area contributed by atoms with Crippen LogP contribution in [0.5, 0.6) is 34.5 Å². The van der Waals surface area contributed by atoms with Gasteiger partial charge in [0.15, 0.2) is 23.0 Å². The summed E-state index contributed by atoms with van der Waals surface area (Å²) in [6.07, 6.45) is 1.96. The maximum absolute atomic E-state index is 14.3. The van der Waals surface area contributed by atoms with E-state index in [1.807, 2.05) is 128 Å². The molecule has 20 nitrogen and oxygen atoms in total. The van der Waals surface area contributed by atoms with Crippen LogP contribution >= 0.6 is 12.4 Å². The molecule has 2 saturated heterocycles. The highest BCUT2D eigenvalue weighted by molar-refractivity contribution is 5.96. The number of benzene rings is 4. The third-order valence-electron chi connectivity index (χ3n) is 14.8. The third-order valence-corrected chi connectivity index (χ3v) is 14.8. The van der Waals surface area contributed by atoms with Crippen molar-refractivity contribution in [1.29, 1.82) is 0 Å². The molecular formula is C68H101ClN4O16. The molecule has 0 radical (unpaired) electrons. The third kappa shape index (κ3) is 23.6. The Bertz CT molecular complexity index is 2620. The first-order valence-corrected chi connectivity index (χ1v) is 30.6. The standard InChI is InChI=1S/2C34H50N2O8.ClH/c2*1-24(2)36(32(37)26-13-14-30(41-8)31(20-26)43-18-10-17-39-6)29-21-35(33(38)44-34(3,4)5)16-15-27(29)23-42-22-25-11-9-12-28(19-25)40-7;/h2*9,11-14,19-20,24,27,29H,10,15-18,21-23H2,1-8H3;1H. The second kappa shape index (κ2) is 36.8. The number of nitrogens with zero attached hydrogens (tertiary/aromatic N) is 4. The van der Waals surface area contributed by atoms with E-state index in [2.05, 4.69) is 0 Å². The van der Waals surface area contributed by atoms with Crippen molar-refractivity contribution in [3.05, 3.63) is 107 Å². The van der Waals surface area contributed by atoms with E-state index in [1.165, 1.54) is 0 Å². The number of halogens is 1. The van der Waals surface area contributed by atoms with E-state index >= 15 is 0 Å². The molecule has 0 spiro atoms. The van der Waals surface area contributed by atoms with Crippen molar-refractivity contribution in [2.45, 2.75) is 144 Å². The highest BCUT2D eigenvalue weighted by Gasteiger charge is 2.42. The van der Waals surface area contributed by atoms with Gasteiger partial charge in [0.05, 0.1) is 80.2 Å². The van der Waals surface area contributed by atoms with E-state index in [0.717, 1.165) is 22.6 Å². The van der Waals surface area contributed by atoms with Gasteiger partial charge in [-0.25, -0.2) is 9.59 Å². The van der Waals surface area contributed by atoms with E-state index in [9.17, 15) is 19.2 Å². The molecule has 2 heterocycles. The lowest BCUT2D eigenvalue weighted by atomic mass is 9.89. The summed E-state index contributed by atoms with van der Waals surface area (Å²) in [6.45, 7) is 24.4. The highest BCUT2D eigenvalue weighted by Crippen LogP contribution is 2.35. The minimum absolute atomic E-state index is 0. The number of ether oxygens (including phenoxy) is 12. The minimum atomic E-state index is -0.625. The molecule has 2 fully saturated rings. The molecule has 0 bridgehead atoms. The van der Waals surface area contributed by atoms with Crippen LogP contribution in [0.25, 0.3) is 0 Å². The second-order valence-corrected chi connectivity index (χ2v) is 24.6. The van der Waals surface area contributed by atoms with Crippen molar-refractivity contribution in [2.75, 3.05) is 108 Å². The largest absolute Gasteiger partial charge is 0.497 e. The van der Waals surface area contributed by atoms with Gasteiger partial charge in [-0.15, -0.1) is 12.4 Å². The van der Waals surface area contributed by atoms with Crippen molar-refractivity contribution in [3.63, 3.8) is 0 Å². The molecule has 2 aliphatic heterocycles. The number of carbonyl (C=O) groups excluding carboxylic acids is 4. The Morgan fingerprint density at radius 2 is 0.888 bits per heavy atom. The van der Waals surface area contributed by atoms with Gasteiger partial charge in [-0.1, -0.05) is 24.3 Å². The Kier molecular flexibility index (Phi) is 30.9. The molecule has 4 aromatic rings. The number of rotatable bonds is 28. The molecule has 0 aliphatic carbocycles. The normalized spacial score (nSPS) is 16.7. The smallest absolute Gasteiger partial charge is 0.410 e. The number of piperidine rings is 2. The summed E-state index contributed by atoms with van der Waals surface area (Å²) in [7, 11) is 9.71. The van der Waals surface area contributed by atoms with E-state index < -0.39 is 11.2 Å². The predicted molar refractivity (Wildman–Crippen MR) is 345 cm³/mol. The van der Waals surface area contributed by atoms with Gasteiger partial charge < -0.3 is 76.4 Å². The Balaban J connectivity index is 0.000000376. The lowest BCUT2D eigenvalue weighted by Gasteiger charge is -2.45. The number of likely N-dealkylation sites (tertiary alicyclic amines) is 2. The van der Waals surface area contributed by atoms with Crippen LogP contribution in [0, 0.1) is 11.8 Å². The summed E-state index contributed by atoms with van der Waals surface area (Å²) >= 11 is 0. The highest BCUT2D eigenvalue weighted by atomic mass is 35.5. The Labute approximate surface area is 535 Å². The number of methoxy groups -OCH3 is 6. The van der Waals surface area contributed by atoms with Crippen molar-refractivity contribution in [2.24, 2.45) is 11.8 Å². The Morgan fingerprint density at radius 3 is 1.21 bits per heavy atom. The van der Waals surface area contributed by atoms with Crippen molar-refractivity contribution in [1.82, 2.24) is 19.6 Å². The molecular weight excluding hydrogens is 1160 g/mol. The van der Waals surface area contributed by atoms with Gasteiger partial charge in [-0.2, -0.15) is 0 Å². The van der Waals surface area contributed by atoms with Crippen LogP contribution < -0.4 is 28.4 Å². The average Bonchev–Trinajstić information content (AvgIpc) is 1.63. The fraction of sp³-hybridized carbons (Fsp3) is 0.588. The maximum Gasteiger partial charge on any atom is 0.410 e. The lowest BCUT2D eigenvalue weighted by molar-refractivity contribution is -0.0227. The van der Waals surface area contributed by atoms with Crippen LogP contribution in [-0.4, -0.2) is 187 Å². The SMILES string of the molecule is COCCCOc1cc(C(=O)N(C(C)C)C2CN(C(=O)OC(C)(C)C)CCC2COCc2cccc(OC)c2)ccc1OC.COCCCOc1cc(C(=O)N(C(C)C)C2CN(C(=O)OC(C)(C)C)CCC2COCc2cccc(OC)c2)ccc1OC.Cl. The van der Waals surface area contributed by atoms with Gasteiger partial charge >= 0.3 is 12.2 Å². The molecule has 0 aromatic heterocycles. The first-order chi connectivity index (χ1) is 41.9. The summed E-state index contributed by atoms with van der Waals surface area (Å²) in [5.74, 6) is 3.31. The summed E-state index contributed by atoms with van der Waals surface area (Å²) in [5.41, 5.74) is 1.71. The number of carbonyl (C=O) groups is 4. The predicted octanol–water partition coefficient (Wildman–Crippen LogP) is 12.0. The van der Waals surface area contributed by atoms with Crippen LogP contribution in [0.1, 0.15) is 127 Å². The lowest BCUT2D eigenvalue weighted by Crippen LogP contribution is -2.59. The molecule has 6 rings (SSSR count). The summed E-state index contributed by atoms with van der Waals surface area (Å²) in [4.78, 5) is 61.9. The van der Waals surface area contributed by atoms with Crippen LogP contribution in [0.2, 0.25) is 0 Å². The number of hydrogen-bond donors (Lipinski definition) is 0. The fourth-order valence-corrected chi connectivity index (χ4v) is 10.6. The number of hydrogen-bond acceptors (Lipinski definition) is 16. The van der Waals surface area contributed by atoms with Gasteiger partial charge in [-0.05, 0) is 154 Å². The van der Waals surface area contributed by atoms with Crippen LogP contribution in [0.15, 0.2) is 84.9 Å². The zero-order chi connectivity index (χ0) is 64.6. The molecule has 0 saturated carbocycles. The molecule has 4 amide bonds. The van der Waals surface area contributed by atoms with E-state index in [-0.39, 0.29) is 72.4 Å². The van der Waals surface area contributed by atoms with Crippen LogP contribution in [0.4, 0.5) is 9.59 Å². The summed E-state index contributed by atoms with van der Waals surface area (Å²) in [5, 5.41) is 0. The topological polar surface area (TPSA) is 192 Å². The monoisotopic (exact) mass is 1260 g/mol. The van der Waals surface area contributed by atoms with Crippen molar-refractivity contribution in [3.8, 4) is 34.5 Å². The van der Waals surface area contributed by atoms with E-state index in [0.29, 0.717) is 139 Å². The van der Waals surface area contributed by atoms with Gasteiger partial charge in [0.1, 0.15) is 22.7 Å². The molecule has 0 N–H and O–H groups in total. The minimum Gasteiger partial charge on any atom is -0.497 e. The van der Waals surface area contributed by atoms with Crippen molar-refractivity contribution >= 4 is 36.4 Å². The molecule has 4 unspecified atom stereocenters. The Morgan fingerprint density at radius 1 is 0.506 bits per heavy atom. The van der Waals surface area contributed by atoms with Gasteiger partial charge in [-0.3, -0.25) is 9.59 Å². The summed E-state index contributed by atoms with van der Waals surface area (Å²) in [6, 6.07) is 25.1. The van der Waals surface area contributed by atoms with Gasteiger partial charge in [0.25, 0.3) is 11.8 Å². The zero-order valence-electron chi connectivity index (χ0n) is 55.6. The van der Waals surface area contributed by atoms with Gasteiger partial charge in [0, 0.05) is 102 Å². The second-order valence-electron chi connectivity index (χ2n) is 24.6. The van der Waals surface area contributed by atoms with E-state index in [4.69, 9.17) is 56.8 Å². The Hall–Kier alpha value is -6.71. The first-order valence-electron chi connectivity index (χ1n) is 30.6. The van der Waals surface area contributed by atoms with Crippen LogP contribution in [0.3, 0.4) is 0 Å². The molecule has 4 aromatic carbocycles. The first kappa shape index (κ1) is 74.8. The molecule has 4 atom stereocenters. The number of amides is 4.